The van der Waals surface area contributed by atoms with Crippen LogP contribution in [0.4, 0.5) is 0 Å². The number of aliphatic hydroxyl groups excluding tert-OH is 1. The van der Waals surface area contributed by atoms with Gasteiger partial charge >= 0.3 is 0 Å². The van der Waals surface area contributed by atoms with Gasteiger partial charge in [0.1, 0.15) is 0 Å². The maximum absolute atomic E-state index is 10.3. The van der Waals surface area contributed by atoms with E-state index in [0.717, 1.165) is 12.0 Å². The Labute approximate surface area is 166 Å². The molecule has 0 atom stereocenters. The van der Waals surface area contributed by atoms with Crippen molar-refractivity contribution in [2.75, 3.05) is 0 Å². The second-order valence-electron chi connectivity index (χ2n) is 8.53. The van der Waals surface area contributed by atoms with E-state index in [2.05, 4.69) is 71.9 Å². The Morgan fingerprint density at radius 2 is 1.41 bits per heavy atom. The van der Waals surface area contributed by atoms with Crippen LogP contribution < -0.4 is 0 Å². The van der Waals surface area contributed by atoms with Crippen molar-refractivity contribution >= 4 is 0 Å². The van der Waals surface area contributed by atoms with E-state index < -0.39 is 0 Å². The first kappa shape index (κ1) is 21.7. The molecule has 0 saturated heterocycles. The van der Waals surface area contributed by atoms with Crippen molar-refractivity contribution in [3.8, 4) is 11.1 Å². The highest BCUT2D eigenvalue weighted by Gasteiger charge is 2.21. The highest BCUT2D eigenvalue weighted by molar-refractivity contribution is 5.75. The summed E-state index contributed by atoms with van der Waals surface area (Å²) < 4.78 is 0. The molecule has 0 bridgehead atoms. The van der Waals surface area contributed by atoms with Gasteiger partial charge in [0, 0.05) is 0 Å². The predicted octanol–water partition coefficient (Wildman–Crippen LogP) is 7.52. The van der Waals surface area contributed by atoms with Gasteiger partial charge in [0.25, 0.3) is 0 Å². The van der Waals surface area contributed by atoms with E-state index in [1.54, 1.807) is 0 Å². The average molecular weight is 367 g/mol. The van der Waals surface area contributed by atoms with Gasteiger partial charge in [-0.15, -0.1) is 0 Å². The van der Waals surface area contributed by atoms with E-state index in [9.17, 15) is 5.11 Å². The van der Waals surface area contributed by atoms with E-state index >= 15 is 0 Å². The molecule has 1 heteroatoms. The number of rotatable bonds is 9. The maximum Gasteiger partial charge on any atom is 0.0690 e. The normalized spacial score (nSPS) is 11.6. The van der Waals surface area contributed by atoms with Crippen LogP contribution in [0.1, 0.15) is 100.0 Å². The molecule has 0 unspecified atom stereocenters. The highest BCUT2D eigenvalue weighted by Crippen LogP contribution is 2.39. The summed E-state index contributed by atoms with van der Waals surface area (Å²) in [4.78, 5) is 0. The Hall–Kier alpha value is -1.60. The zero-order valence-corrected chi connectivity index (χ0v) is 18.2. The first-order valence-electron chi connectivity index (χ1n) is 10.8. The molecule has 27 heavy (non-hydrogen) atoms. The van der Waals surface area contributed by atoms with Crippen molar-refractivity contribution < 1.29 is 5.11 Å². The number of unbranched alkanes of at least 4 members (excludes halogenated alkanes) is 3. The zero-order chi connectivity index (χ0) is 20.0. The molecule has 1 N–H and O–H groups in total. The van der Waals surface area contributed by atoms with Crippen molar-refractivity contribution in [1.82, 2.24) is 0 Å². The number of aliphatic hydroxyl groups is 1. The molecule has 2 rings (SSSR count). The monoisotopic (exact) mass is 366 g/mol. The molecule has 0 saturated carbocycles. The lowest BCUT2D eigenvalue weighted by Gasteiger charge is -2.25. The van der Waals surface area contributed by atoms with Crippen LogP contribution >= 0.6 is 0 Å². The summed E-state index contributed by atoms with van der Waals surface area (Å²) >= 11 is 0. The molecule has 0 heterocycles. The molecule has 0 aromatic heterocycles. The second-order valence-corrected chi connectivity index (χ2v) is 8.53. The lowest BCUT2D eigenvalue weighted by Crippen LogP contribution is -2.09. The Kier molecular flexibility index (Phi) is 8.10. The number of hydrogen-bond acceptors (Lipinski definition) is 1. The van der Waals surface area contributed by atoms with Gasteiger partial charge in [0.15, 0.2) is 0 Å². The topological polar surface area (TPSA) is 20.2 Å². The standard InChI is InChI=1S/C26H38O/c1-7-8-9-10-11-22-23(18(2)3)16-24(19(4)5)25(17-27)26(22)21-14-12-20(6)13-15-21/h12-16,18-19,27H,7-11,17H2,1-6H3. The highest BCUT2D eigenvalue weighted by atomic mass is 16.3. The van der Waals surface area contributed by atoms with Crippen LogP contribution in [0.3, 0.4) is 0 Å². The second kappa shape index (κ2) is 10.1. The molecule has 0 spiro atoms. The predicted molar refractivity (Wildman–Crippen MR) is 119 cm³/mol. The minimum atomic E-state index is 0.108. The van der Waals surface area contributed by atoms with Crippen LogP contribution in [-0.4, -0.2) is 5.11 Å². The van der Waals surface area contributed by atoms with E-state index in [0.29, 0.717) is 11.8 Å². The first-order chi connectivity index (χ1) is 12.9. The smallest absolute Gasteiger partial charge is 0.0690 e. The van der Waals surface area contributed by atoms with Gasteiger partial charge < -0.3 is 5.11 Å². The zero-order valence-electron chi connectivity index (χ0n) is 18.2. The van der Waals surface area contributed by atoms with Crippen LogP contribution in [0.2, 0.25) is 0 Å². The lowest BCUT2D eigenvalue weighted by atomic mass is 9.80. The molecule has 0 amide bonds. The van der Waals surface area contributed by atoms with Gasteiger partial charge in [-0.1, -0.05) is 89.8 Å². The molecule has 0 fully saturated rings. The minimum Gasteiger partial charge on any atom is -0.392 e. The summed E-state index contributed by atoms with van der Waals surface area (Å²) in [5.74, 6) is 0.892. The molecule has 0 aliphatic rings. The van der Waals surface area contributed by atoms with Crippen molar-refractivity contribution in [1.29, 1.82) is 0 Å². The summed E-state index contributed by atoms with van der Waals surface area (Å²) in [7, 11) is 0. The van der Waals surface area contributed by atoms with Crippen molar-refractivity contribution in [3.63, 3.8) is 0 Å². The van der Waals surface area contributed by atoms with E-state index in [4.69, 9.17) is 0 Å². The van der Waals surface area contributed by atoms with Crippen LogP contribution in [0.25, 0.3) is 11.1 Å². The lowest BCUT2D eigenvalue weighted by molar-refractivity contribution is 0.280. The molecule has 1 nitrogen and oxygen atoms in total. The van der Waals surface area contributed by atoms with Gasteiger partial charge in [0.2, 0.25) is 0 Å². The van der Waals surface area contributed by atoms with E-state index in [-0.39, 0.29) is 6.61 Å². The van der Waals surface area contributed by atoms with E-state index in [1.165, 1.54) is 59.1 Å². The van der Waals surface area contributed by atoms with Gasteiger partial charge in [-0.05, 0) is 65.0 Å². The first-order valence-corrected chi connectivity index (χ1v) is 10.8. The number of benzene rings is 2. The maximum atomic E-state index is 10.3. The Morgan fingerprint density at radius 1 is 0.815 bits per heavy atom. The van der Waals surface area contributed by atoms with Gasteiger partial charge in [-0.2, -0.15) is 0 Å². The molecule has 2 aromatic rings. The Bertz CT molecular complexity index is 723. The third-order valence-electron chi connectivity index (χ3n) is 5.63. The van der Waals surface area contributed by atoms with Crippen LogP contribution in [-0.2, 0) is 13.0 Å². The number of aryl methyl sites for hydroxylation is 1. The minimum absolute atomic E-state index is 0.108. The SMILES string of the molecule is CCCCCCc1c(C(C)C)cc(C(C)C)c(CO)c1-c1ccc(C)cc1. The summed E-state index contributed by atoms with van der Waals surface area (Å²) in [5, 5.41) is 10.3. The Balaban J connectivity index is 2.70. The summed E-state index contributed by atoms with van der Waals surface area (Å²) in [5.41, 5.74) is 9.17. The quantitative estimate of drug-likeness (QED) is 0.455. The third kappa shape index (κ3) is 5.23. The third-order valence-corrected chi connectivity index (χ3v) is 5.63. The summed E-state index contributed by atoms with van der Waals surface area (Å²) in [6.07, 6.45) is 6.16. The Morgan fingerprint density at radius 3 is 1.93 bits per heavy atom. The molecule has 2 aromatic carbocycles. The van der Waals surface area contributed by atoms with Crippen molar-refractivity contribution in [2.24, 2.45) is 0 Å². The van der Waals surface area contributed by atoms with E-state index in [1.807, 2.05) is 0 Å². The fourth-order valence-corrected chi connectivity index (χ4v) is 4.08. The van der Waals surface area contributed by atoms with Crippen molar-refractivity contribution in [2.45, 2.75) is 92.1 Å². The molecule has 0 aliphatic heterocycles. The fraction of sp³-hybridized carbons (Fsp3) is 0.538. The van der Waals surface area contributed by atoms with Gasteiger partial charge in [-0.3, -0.25) is 0 Å². The van der Waals surface area contributed by atoms with Gasteiger partial charge in [0.05, 0.1) is 6.61 Å². The molecule has 148 valence electrons. The van der Waals surface area contributed by atoms with Crippen LogP contribution in [0.15, 0.2) is 30.3 Å². The van der Waals surface area contributed by atoms with Crippen LogP contribution in [0, 0.1) is 6.92 Å². The molecule has 0 radical (unpaired) electrons. The van der Waals surface area contributed by atoms with Crippen molar-refractivity contribution in [3.05, 3.63) is 58.1 Å². The summed E-state index contributed by atoms with van der Waals surface area (Å²) in [6, 6.07) is 11.2. The molecule has 0 aliphatic carbocycles. The summed E-state index contributed by atoms with van der Waals surface area (Å²) in [6.45, 7) is 13.6. The number of hydrogen-bond donors (Lipinski definition) is 1. The molecular formula is C26H38O. The van der Waals surface area contributed by atoms with Gasteiger partial charge in [-0.25, -0.2) is 0 Å². The van der Waals surface area contributed by atoms with Crippen LogP contribution in [0.5, 0.6) is 0 Å². The average Bonchev–Trinajstić information content (AvgIpc) is 2.64. The molecular weight excluding hydrogens is 328 g/mol. The largest absolute Gasteiger partial charge is 0.392 e. The fourth-order valence-electron chi connectivity index (χ4n) is 4.08.